The fourth-order valence-electron chi connectivity index (χ4n) is 0.443. The van der Waals surface area contributed by atoms with Crippen molar-refractivity contribution in [3.8, 4) is 0 Å². The van der Waals surface area contributed by atoms with E-state index in [9.17, 15) is 13.2 Å². The van der Waals surface area contributed by atoms with Gasteiger partial charge in [-0.3, -0.25) is 0 Å². The summed E-state index contributed by atoms with van der Waals surface area (Å²) in [5, 5.41) is 3.16. The highest BCUT2D eigenvalue weighted by atomic mass is 127. The van der Waals surface area contributed by atoms with Crippen LogP contribution in [0, 0.1) is 3.70 Å². The second-order valence-corrected chi connectivity index (χ2v) is 2.66. The van der Waals surface area contributed by atoms with Crippen molar-refractivity contribution in [2.45, 2.75) is 6.30 Å². The number of halogens is 4. The van der Waals surface area contributed by atoms with Crippen LogP contribution in [0.4, 0.5) is 13.2 Å². The van der Waals surface area contributed by atoms with E-state index < -0.39 is 6.30 Å². The van der Waals surface area contributed by atoms with Gasteiger partial charge in [-0.2, -0.15) is 9.78 Å². The second-order valence-electron chi connectivity index (χ2n) is 1.55. The van der Waals surface area contributed by atoms with E-state index in [0.717, 1.165) is 6.20 Å². The van der Waals surface area contributed by atoms with Crippen LogP contribution in [-0.4, -0.2) is 9.78 Å². The van der Waals surface area contributed by atoms with Crippen LogP contribution >= 0.6 is 22.6 Å². The lowest BCUT2D eigenvalue weighted by molar-refractivity contribution is -0.212. The molecule has 0 N–H and O–H groups in total. The van der Waals surface area contributed by atoms with E-state index >= 15 is 0 Å². The van der Waals surface area contributed by atoms with Gasteiger partial charge in [0.25, 0.3) is 0 Å². The van der Waals surface area contributed by atoms with Gasteiger partial charge in [-0.15, -0.1) is 13.2 Å². The van der Waals surface area contributed by atoms with E-state index in [1.165, 1.54) is 6.07 Å². The standard InChI is InChI=1S/C4H2F3IN2/c5-4(6,7)10-2-1-3(8)9-10/h1-2H. The lowest BCUT2D eigenvalue weighted by Crippen LogP contribution is -2.16. The third kappa shape index (κ3) is 1.61. The van der Waals surface area contributed by atoms with Gasteiger partial charge < -0.3 is 0 Å². The zero-order chi connectivity index (χ0) is 7.78. The van der Waals surface area contributed by atoms with Gasteiger partial charge in [-0.1, -0.05) is 0 Å². The molecule has 0 radical (unpaired) electrons. The molecule has 1 heterocycles. The van der Waals surface area contributed by atoms with E-state index in [4.69, 9.17) is 0 Å². The van der Waals surface area contributed by atoms with Crippen molar-refractivity contribution in [3.63, 3.8) is 0 Å². The molecule has 0 bridgehead atoms. The Morgan fingerprint density at radius 2 is 2.10 bits per heavy atom. The SMILES string of the molecule is FC(F)(F)n1ccc(I)n1. The lowest BCUT2D eigenvalue weighted by atomic mass is 10.7. The highest BCUT2D eigenvalue weighted by molar-refractivity contribution is 14.1. The number of alkyl halides is 3. The predicted molar refractivity (Wildman–Crippen MR) is 36.2 cm³/mol. The number of aromatic nitrogens is 2. The van der Waals surface area contributed by atoms with Crippen molar-refractivity contribution in [2.24, 2.45) is 0 Å². The summed E-state index contributed by atoms with van der Waals surface area (Å²) < 4.78 is 35.4. The molecule has 0 fully saturated rings. The van der Waals surface area contributed by atoms with Gasteiger partial charge >= 0.3 is 6.30 Å². The predicted octanol–water partition coefficient (Wildman–Crippen LogP) is 1.96. The first-order valence-electron chi connectivity index (χ1n) is 2.28. The summed E-state index contributed by atoms with van der Waals surface area (Å²) in [5.41, 5.74) is 0. The average molecular weight is 262 g/mol. The number of hydrogen-bond donors (Lipinski definition) is 0. The molecular formula is C4H2F3IN2. The van der Waals surface area contributed by atoms with Gasteiger partial charge in [-0.05, 0) is 28.7 Å². The molecule has 6 heteroatoms. The van der Waals surface area contributed by atoms with Crippen molar-refractivity contribution in [3.05, 3.63) is 16.0 Å². The van der Waals surface area contributed by atoms with E-state index in [2.05, 4.69) is 5.10 Å². The molecule has 1 aromatic heterocycles. The summed E-state index contributed by atoms with van der Waals surface area (Å²) >= 11 is 1.71. The first-order valence-corrected chi connectivity index (χ1v) is 3.36. The second kappa shape index (κ2) is 2.40. The Kier molecular flexibility index (Phi) is 1.88. The molecule has 0 aromatic carbocycles. The zero-order valence-corrected chi connectivity index (χ0v) is 6.72. The number of nitrogens with zero attached hydrogens (tertiary/aromatic N) is 2. The normalized spacial score (nSPS) is 12.0. The van der Waals surface area contributed by atoms with Crippen molar-refractivity contribution < 1.29 is 13.2 Å². The Labute approximate surface area is 68.2 Å². The van der Waals surface area contributed by atoms with E-state index in [-0.39, 0.29) is 4.68 Å². The quantitative estimate of drug-likeness (QED) is 0.653. The van der Waals surface area contributed by atoms with Gasteiger partial charge in [0, 0.05) is 6.20 Å². The molecule has 1 aromatic rings. The Morgan fingerprint density at radius 1 is 1.50 bits per heavy atom. The topological polar surface area (TPSA) is 17.8 Å². The first kappa shape index (κ1) is 7.83. The Morgan fingerprint density at radius 3 is 2.30 bits per heavy atom. The highest BCUT2D eigenvalue weighted by Crippen LogP contribution is 2.20. The van der Waals surface area contributed by atoms with Crippen LogP contribution < -0.4 is 0 Å². The molecule has 10 heavy (non-hydrogen) atoms. The van der Waals surface area contributed by atoms with Crippen molar-refractivity contribution >= 4 is 22.6 Å². The van der Waals surface area contributed by atoms with Crippen LogP contribution in [-0.2, 0) is 6.30 Å². The molecule has 2 nitrogen and oxygen atoms in total. The molecule has 0 aliphatic carbocycles. The highest BCUT2D eigenvalue weighted by Gasteiger charge is 2.31. The molecule has 0 aliphatic rings. The Balaban J connectivity index is 2.96. The fraction of sp³-hybridized carbons (Fsp3) is 0.250. The van der Waals surface area contributed by atoms with E-state index in [0.29, 0.717) is 3.70 Å². The molecule has 0 amide bonds. The van der Waals surface area contributed by atoms with Crippen LogP contribution in [0.3, 0.4) is 0 Å². The van der Waals surface area contributed by atoms with E-state index in [1.807, 2.05) is 0 Å². The minimum atomic E-state index is -4.39. The summed E-state index contributed by atoms with van der Waals surface area (Å²) in [6.07, 6.45) is -3.51. The molecule has 0 spiro atoms. The van der Waals surface area contributed by atoms with Crippen molar-refractivity contribution in [2.75, 3.05) is 0 Å². The number of hydrogen-bond acceptors (Lipinski definition) is 1. The smallest absolute Gasteiger partial charge is 0.178 e. The average Bonchev–Trinajstić information content (AvgIpc) is 2.11. The maximum Gasteiger partial charge on any atom is 0.504 e. The molecule has 0 atom stereocenters. The molecular weight excluding hydrogens is 260 g/mol. The molecule has 1 rings (SSSR count). The van der Waals surface area contributed by atoms with Crippen molar-refractivity contribution in [1.82, 2.24) is 9.78 Å². The van der Waals surface area contributed by atoms with Gasteiger partial charge in [-0.25, -0.2) is 0 Å². The number of rotatable bonds is 0. The Bertz CT molecular complexity index is 229. The van der Waals surface area contributed by atoms with Crippen LogP contribution in [0.2, 0.25) is 0 Å². The zero-order valence-electron chi connectivity index (χ0n) is 4.56. The monoisotopic (exact) mass is 262 g/mol. The largest absolute Gasteiger partial charge is 0.504 e. The van der Waals surface area contributed by atoms with Gasteiger partial charge in [0.1, 0.15) is 3.70 Å². The van der Waals surface area contributed by atoms with Crippen LogP contribution in [0.1, 0.15) is 0 Å². The van der Waals surface area contributed by atoms with E-state index in [1.54, 1.807) is 22.6 Å². The molecule has 56 valence electrons. The molecule has 0 unspecified atom stereocenters. The summed E-state index contributed by atoms with van der Waals surface area (Å²) in [6.45, 7) is 0. The molecule has 0 aliphatic heterocycles. The molecule has 0 saturated heterocycles. The first-order chi connectivity index (χ1) is 4.50. The maximum absolute atomic E-state index is 11.7. The van der Waals surface area contributed by atoms with Crippen LogP contribution in [0.25, 0.3) is 0 Å². The Hall–Kier alpha value is -0.270. The minimum Gasteiger partial charge on any atom is -0.178 e. The summed E-state index contributed by atoms with van der Waals surface area (Å²) in [7, 11) is 0. The fourth-order valence-corrected chi connectivity index (χ4v) is 0.836. The van der Waals surface area contributed by atoms with Gasteiger partial charge in [0.2, 0.25) is 0 Å². The van der Waals surface area contributed by atoms with Gasteiger partial charge in [0.15, 0.2) is 0 Å². The molecule has 0 saturated carbocycles. The maximum atomic E-state index is 11.7. The van der Waals surface area contributed by atoms with Crippen LogP contribution in [0.15, 0.2) is 12.3 Å². The summed E-state index contributed by atoms with van der Waals surface area (Å²) in [4.78, 5) is 0. The van der Waals surface area contributed by atoms with Gasteiger partial charge in [0.05, 0.1) is 0 Å². The van der Waals surface area contributed by atoms with Crippen LogP contribution in [0.5, 0.6) is 0 Å². The minimum absolute atomic E-state index is 0.0330. The van der Waals surface area contributed by atoms with Crippen molar-refractivity contribution in [1.29, 1.82) is 0 Å². The lowest BCUT2D eigenvalue weighted by Gasteiger charge is -2.03. The third-order valence-corrected chi connectivity index (χ3v) is 1.39. The summed E-state index contributed by atoms with van der Waals surface area (Å²) in [6, 6.07) is 1.29. The summed E-state index contributed by atoms with van der Waals surface area (Å²) in [5.74, 6) is 0. The third-order valence-electron chi connectivity index (χ3n) is 0.816.